The molecule has 5 N–H and O–H groups in total. The van der Waals surface area contributed by atoms with Crippen molar-refractivity contribution in [3.8, 4) is 5.75 Å². The molecule has 54 heavy (non-hydrogen) atoms. The zero-order valence-corrected chi connectivity index (χ0v) is 36.4. The lowest BCUT2D eigenvalue weighted by molar-refractivity contribution is 0.0330. The number of guanidine groups is 2. The number of rotatable bonds is 4. The number of ether oxygens (including phenoxy) is 4. The van der Waals surface area contributed by atoms with Gasteiger partial charge in [0.2, 0.25) is 11.9 Å². The number of hydrogen-bond acceptors (Lipinski definition) is 11. The van der Waals surface area contributed by atoms with E-state index in [1.807, 2.05) is 25.1 Å². The van der Waals surface area contributed by atoms with E-state index >= 15 is 0 Å². The first-order valence-corrected chi connectivity index (χ1v) is 18.3. The molecule has 17 heteroatoms. The van der Waals surface area contributed by atoms with Gasteiger partial charge in [0.05, 0.1) is 17.6 Å². The van der Waals surface area contributed by atoms with Crippen LogP contribution in [0, 0.1) is 17.7 Å². The minimum absolute atomic E-state index is 0.0459. The van der Waals surface area contributed by atoms with Crippen molar-refractivity contribution in [1.29, 1.82) is 10.8 Å². The van der Waals surface area contributed by atoms with Gasteiger partial charge in [-0.2, -0.15) is 0 Å². The Labute approximate surface area is 334 Å². The van der Waals surface area contributed by atoms with E-state index in [4.69, 9.17) is 29.8 Å². The lowest BCUT2D eigenvalue weighted by Gasteiger charge is -2.28. The molecule has 15 nitrogen and oxygen atoms in total. The van der Waals surface area contributed by atoms with E-state index in [1.54, 1.807) is 95.2 Å². The Balaban J connectivity index is 0.000000540. The first-order valence-electron chi connectivity index (χ1n) is 16.8. The number of aromatic hydroxyl groups is 1. The molecular formula is C37H54Br2N6O9. The summed E-state index contributed by atoms with van der Waals surface area (Å²) in [5.41, 5.74) is -0.557. The van der Waals surface area contributed by atoms with Gasteiger partial charge in [-0.25, -0.2) is 29.0 Å². The SMILES string of the molecule is CC(C)(C)OC(=O)NC(=N)N(Cc1ccc(O)c(Br)c1)C(=O)OC(C)(C)C.Cc1ccc(CN(C(=N)NC(=O)OC(C)(C)C)C(=O)OC(C)(C)C)cc1Br. The van der Waals surface area contributed by atoms with Crippen LogP contribution >= 0.6 is 31.9 Å². The number of nitrogens with zero attached hydrogens (tertiary/aromatic N) is 2. The predicted octanol–water partition coefficient (Wildman–Crippen LogP) is 9.31. The first kappa shape index (κ1) is 47.6. The number of hydrogen-bond donors (Lipinski definition) is 5. The van der Waals surface area contributed by atoms with E-state index < -0.39 is 58.7 Å². The quantitative estimate of drug-likeness (QED) is 0.113. The van der Waals surface area contributed by atoms with E-state index in [1.165, 1.54) is 6.07 Å². The average molecular weight is 887 g/mol. The summed E-state index contributed by atoms with van der Waals surface area (Å²) in [4.78, 5) is 51.0. The van der Waals surface area contributed by atoms with Crippen LogP contribution in [0.1, 0.15) is 99.8 Å². The number of benzene rings is 2. The average Bonchev–Trinajstić information content (AvgIpc) is 2.94. The largest absolute Gasteiger partial charge is 0.507 e. The second kappa shape index (κ2) is 19.3. The molecule has 0 radical (unpaired) electrons. The standard InChI is InChI=1S/C19H28BrN3O4.C18H26BrN3O5/c1-12-8-9-13(10-14(12)20)11-23(17(25)27-19(5,6)7)15(21)22-16(24)26-18(2,3)4;1-17(2,3)26-15(24)21-14(20)22(16(25)27-18(4,5)6)10-11-7-8-13(23)12(19)9-11/h8-10H,11H2,1-7H3,(H2,21,22,24);7-9,23H,10H2,1-6H3,(H2,20,21,24). The van der Waals surface area contributed by atoms with Crippen molar-refractivity contribution >= 4 is 68.2 Å². The minimum atomic E-state index is -0.854. The number of amides is 4. The summed E-state index contributed by atoms with van der Waals surface area (Å²) in [5, 5.41) is 30.4. The van der Waals surface area contributed by atoms with Crippen molar-refractivity contribution in [2.45, 2.75) is 126 Å². The molecule has 2 rings (SSSR count). The monoisotopic (exact) mass is 884 g/mol. The smallest absolute Gasteiger partial charge is 0.417 e. The molecule has 0 atom stereocenters. The summed E-state index contributed by atoms with van der Waals surface area (Å²) in [6.45, 7) is 22.5. The Hall–Kier alpha value is -4.38. The molecule has 0 aliphatic rings. The Bertz CT molecular complexity index is 1570. The zero-order chi connectivity index (χ0) is 42.0. The third-order valence-electron chi connectivity index (χ3n) is 5.94. The molecular weight excluding hydrogens is 832 g/mol. The van der Waals surface area contributed by atoms with Crippen LogP contribution < -0.4 is 10.6 Å². The molecule has 4 amide bonds. The van der Waals surface area contributed by atoms with Gasteiger partial charge in [0.25, 0.3) is 0 Å². The van der Waals surface area contributed by atoms with Gasteiger partial charge in [0.15, 0.2) is 0 Å². The zero-order valence-electron chi connectivity index (χ0n) is 33.2. The fraction of sp³-hybridized carbons (Fsp3) is 0.514. The molecule has 2 aromatic carbocycles. The fourth-order valence-electron chi connectivity index (χ4n) is 3.79. The van der Waals surface area contributed by atoms with Crippen molar-refractivity contribution in [2.75, 3.05) is 0 Å². The van der Waals surface area contributed by atoms with Gasteiger partial charge in [-0.15, -0.1) is 0 Å². The van der Waals surface area contributed by atoms with Crippen LogP contribution in [0.25, 0.3) is 0 Å². The van der Waals surface area contributed by atoms with Crippen LogP contribution in [0.2, 0.25) is 0 Å². The number of alkyl carbamates (subject to hydrolysis) is 2. The number of phenols is 1. The van der Waals surface area contributed by atoms with Crippen LogP contribution in [0.5, 0.6) is 5.75 Å². The number of phenolic OH excluding ortho intramolecular Hbond substituents is 1. The molecule has 0 spiro atoms. The maximum absolute atomic E-state index is 12.6. The van der Waals surface area contributed by atoms with Crippen LogP contribution in [0.3, 0.4) is 0 Å². The van der Waals surface area contributed by atoms with E-state index in [0.717, 1.165) is 25.4 Å². The lowest BCUT2D eigenvalue weighted by Crippen LogP contribution is -2.49. The van der Waals surface area contributed by atoms with Gasteiger partial charge in [-0.1, -0.05) is 34.1 Å². The highest BCUT2D eigenvalue weighted by Gasteiger charge is 2.29. The summed E-state index contributed by atoms with van der Waals surface area (Å²) in [6.07, 6.45) is -3.20. The molecule has 0 aliphatic carbocycles. The molecule has 0 aliphatic heterocycles. The summed E-state index contributed by atoms with van der Waals surface area (Å²) in [7, 11) is 0. The highest BCUT2D eigenvalue weighted by Crippen LogP contribution is 2.25. The third kappa shape index (κ3) is 19.1. The van der Waals surface area contributed by atoms with Gasteiger partial charge in [0, 0.05) is 4.47 Å². The number of carbonyl (C=O) groups excluding carboxylic acids is 4. The van der Waals surface area contributed by atoms with Gasteiger partial charge in [0.1, 0.15) is 28.2 Å². The highest BCUT2D eigenvalue weighted by atomic mass is 79.9. The topological polar surface area (TPSA) is 204 Å². The van der Waals surface area contributed by atoms with Crippen molar-refractivity contribution in [3.05, 3.63) is 62.0 Å². The lowest BCUT2D eigenvalue weighted by atomic mass is 10.1. The summed E-state index contributed by atoms with van der Waals surface area (Å²) in [6, 6.07) is 10.3. The van der Waals surface area contributed by atoms with Gasteiger partial charge in [-0.3, -0.25) is 21.5 Å². The first-order chi connectivity index (χ1) is 24.4. The molecule has 0 bridgehead atoms. The van der Waals surface area contributed by atoms with Crippen LogP contribution in [0.15, 0.2) is 45.3 Å². The van der Waals surface area contributed by atoms with Crippen LogP contribution in [-0.4, -0.2) is 73.6 Å². The minimum Gasteiger partial charge on any atom is -0.507 e. The van der Waals surface area contributed by atoms with E-state index in [-0.39, 0.29) is 18.8 Å². The second-order valence-corrected chi connectivity index (χ2v) is 17.7. The molecule has 0 aromatic heterocycles. The second-order valence-electron chi connectivity index (χ2n) is 16.0. The van der Waals surface area contributed by atoms with Crippen LogP contribution in [0.4, 0.5) is 19.2 Å². The van der Waals surface area contributed by atoms with Crippen molar-refractivity contribution in [2.24, 2.45) is 0 Å². The van der Waals surface area contributed by atoms with Crippen molar-refractivity contribution in [3.63, 3.8) is 0 Å². The Morgan fingerprint density at radius 3 is 1.26 bits per heavy atom. The molecule has 0 heterocycles. The van der Waals surface area contributed by atoms with Gasteiger partial charge < -0.3 is 24.1 Å². The normalized spacial score (nSPS) is 11.5. The Morgan fingerprint density at radius 2 is 0.944 bits per heavy atom. The third-order valence-corrected chi connectivity index (χ3v) is 7.43. The number of carbonyl (C=O) groups is 4. The van der Waals surface area contributed by atoms with Gasteiger partial charge in [-0.05, 0) is 141 Å². The number of aryl methyl sites for hydroxylation is 1. The van der Waals surface area contributed by atoms with Crippen LogP contribution in [-0.2, 0) is 32.0 Å². The van der Waals surface area contributed by atoms with E-state index in [9.17, 15) is 24.3 Å². The fourth-order valence-corrected chi connectivity index (χ4v) is 4.64. The maximum atomic E-state index is 12.6. The Kier molecular flexibility index (Phi) is 17.0. The molecule has 0 fully saturated rings. The molecule has 0 saturated carbocycles. The number of nitrogens with one attached hydrogen (secondary N) is 4. The van der Waals surface area contributed by atoms with Gasteiger partial charge >= 0.3 is 24.4 Å². The summed E-state index contributed by atoms with van der Waals surface area (Å²) in [5.74, 6) is -0.859. The molecule has 300 valence electrons. The highest BCUT2D eigenvalue weighted by molar-refractivity contribution is 9.10. The number of halogens is 2. The molecule has 0 unspecified atom stereocenters. The predicted molar refractivity (Wildman–Crippen MR) is 212 cm³/mol. The van der Waals surface area contributed by atoms with Crippen molar-refractivity contribution in [1.82, 2.24) is 20.4 Å². The summed E-state index contributed by atoms with van der Waals surface area (Å²) < 4.78 is 22.3. The Morgan fingerprint density at radius 1 is 0.611 bits per heavy atom. The van der Waals surface area contributed by atoms with E-state index in [0.29, 0.717) is 10.0 Å². The maximum Gasteiger partial charge on any atom is 0.417 e. The molecule has 2 aromatic rings. The van der Waals surface area contributed by atoms with E-state index in [2.05, 4.69) is 42.5 Å². The summed E-state index contributed by atoms with van der Waals surface area (Å²) >= 11 is 6.66. The molecule has 0 saturated heterocycles. The van der Waals surface area contributed by atoms with Crippen molar-refractivity contribution < 1.29 is 43.2 Å².